The number of thiophene rings is 1. The lowest BCUT2D eigenvalue weighted by molar-refractivity contribution is 0.0686. The molecule has 0 atom stereocenters. The molecule has 0 aliphatic heterocycles. The first-order valence-electron chi connectivity index (χ1n) is 5.10. The number of aromatic nitrogens is 1. The highest BCUT2D eigenvalue weighted by Gasteiger charge is 2.18. The fraction of sp³-hybridized carbons (Fsp3) is 0.167. The summed E-state index contributed by atoms with van der Waals surface area (Å²) in [5.74, 6) is -1.20. The van der Waals surface area contributed by atoms with Gasteiger partial charge in [0.05, 0.1) is 8.66 Å². The summed E-state index contributed by atoms with van der Waals surface area (Å²) in [5.41, 5.74) is 1.49. The molecule has 6 heteroatoms. The molecule has 0 unspecified atom stereocenters. The van der Waals surface area contributed by atoms with E-state index >= 15 is 0 Å². The highest BCUT2D eigenvalue weighted by atomic mass is 79.9. The molecular formula is C12H10BrNO3S. The van der Waals surface area contributed by atoms with Crippen LogP contribution >= 0.6 is 27.3 Å². The van der Waals surface area contributed by atoms with Crippen molar-refractivity contribution in [3.05, 3.63) is 43.8 Å². The van der Waals surface area contributed by atoms with Gasteiger partial charge in [0.25, 0.3) is 0 Å². The lowest BCUT2D eigenvalue weighted by Gasteiger charge is -1.93. The summed E-state index contributed by atoms with van der Waals surface area (Å²) in [6.07, 6.45) is 1.54. The molecule has 18 heavy (non-hydrogen) atoms. The van der Waals surface area contributed by atoms with Crippen molar-refractivity contribution in [1.82, 2.24) is 4.57 Å². The number of carbonyl (C=O) groups is 2. The van der Waals surface area contributed by atoms with E-state index in [-0.39, 0.29) is 11.5 Å². The minimum Gasteiger partial charge on any atom is -0.477 e. The van der Waals surface area contributed by atoms with E-state index in [1.165, 1.54) is 28.2 Å². The molecule has 0 aliphatic carbocycles. The maximum atomic E-state index is 12.2. The maximum absolute atomic E-state index is 12.2. The summed E-state index contributed by atoms with van der Waals surface area (Å²) in [6, 6.07) is 3.19. The van der Waals surface area contributed by atoms with Crippen molar-refractivity contribution in [3.63, 3.8) is 0 Å². The van der Waals surface area contributed by atoms with Crippen molar-refractivity contribution in [3.8, 4) is 0 Å². The molecular weight excluding hydrogens is 318 g/mol. The molecule has 0 aromatic carbocycles. The summed E-state index contributed by atoms with van der Waals surface area (Å²) in [4.78, 5) is 23.7. The number of hydrogen-bond donors (Lipinski definition) is 1. The number of aromatic carboxylic acids is 1. The van der Waals surface area contributed by atoms with E-state index in [9.17, 15) is 9.59 Å². The van der Waals surface area contributed by atoms with Crippen LogP contribution in [0.1, 0.15) is 31.3 Å². The van der Waals surface area contributed by atoms with Crippen molar-refractivity contribution in [1.29, 1.82) is 0 Å². The van der Waals surface area contributed by atoms with Crippen LogP contribution in [0.15, 0.2) is 22.1 Å². The number of carboxylic acid groups (broad SMARTS) is 1. The van der Waals surface area contributed by atoms with Crippen LogP contribution < -0.4 is 0 Å². The zero-order valence-corrected chi connectivity index (χ0v) is 12.1. The molecule has 2 rings (SSSR count). The van der Waals surface area contributed by atoms with Gasteiger partial charge in [-0.2, -0.15) is 0 Å². The molecule has 0 amide bonds. The van der Waals surface area contributed by atoms with Gasteiger partial charge in [0, 0.05) is 18.8 Å². The molecule has 2 heterocycles. The first-order chi connectivity index (χ1) is 8.40. The molecule has 0 saturated heterocycles. The number of rotatable bonds is 3. The van der Waals surface area contributed by atoms with Crippen LogP contribution in [-0.4, -0.2) is 21.4 Å². The van der Waals surface area contributed by atoms with Crippen molar-refractivity contribution in [2.24, 2.45) is 7.05 Å². The van der Waals surface area contributed by atoms with Crippen LogP contribution in [-0.2, 0) is 7.05 Å². The summed E-state index contributed by atoms with van der Waals surface area (Å²) in [7, 11) is 1.61. The van der Waals surface area contributed by atoms with Gasteiger partial charge in [-0.1, -0.05) is 0 Å². The molecule has 0 saturated carbocycles. The summed E-state index contributed by atoms with van der Waals surface area (Å²) in [6.45, 7) is 1.91. The first kappa shape index (κ1) is 13.0. The largest absolute Gasteiger partial charge is 0.477 e. The van der Waals surface area contributed by atoms with Crippen LogP contribution in [0, 0.1) is 6.92 Å². The Labute approximate surface area is 116 Å². The van der Waals surface area contributed by atoms with Gasteiger partial charge < -0.3 is 9.67 Å². The van der Waals surface area contributed by atoms with E-state index in [1.807, 2.05) is 6.92 Å². The van der Waals surface area contributed by atoms with Gasteiger partial charge in [-0.3, -0.25) is 4.79 Å². The van der Waals surface area contributed by atoms with E-state index in [0.29, 0.717) is 10.4 Å². The molecule has 94 valence electrons. The molecule has 2 aromatic rings. The van der Waals surface area contributed by atoms with Crippen LogP contribution in [0.4, 0.5) is 0 Å². The van der Waals surface area contributed by atoms with Gasteiger partial charge in [-0.05, 0) is 40.5 Å². The summed E-state index contributed by atoms with van der Waals surface area (Å²) in [5, 5.41) is 8.94. The quantitative estimate of drug-likeness (QED) is 0.881. The second kappa shape index (κ2) is 4.70. The normalized spacial score (nSPS) is 10.6. The Kier molecular flexibility index (Phi) is 3.41. The van der Waals surface area contributed by atoms with Crippen LogP contribution in [0.2, 0.25) is 0 Å². The number of ketones is 1. The highest BCUT2D eigenvalue weighted by Crippen LogP contribution is 2.29. The third-order valence-electron chi connectivity index (χ3n) is 2.57. The fourth-order valence-electron chi connectivity index (χ4n) is 1.62. The standard InChI is InChI=1S/C12H10BrNO3S/c1-6-3-9(18-11(6)13)10(15)7-4-8(12(16)17)14(2)5-7/h3-5H,1-2H3,(H,16,17). The van der Waals surface area contributed by atoms with Gasteiger partial charge in [0.2, 0.25) is 5.78 Å². The minimum atomic E-state index is -1.04. The molecule has 0 spiro atoms. The molecule has 0 bridgehead atoms. The Bertz CT molecular complexity index is 622. The van der Waals surface area contributed by atoms with Crippen molar-refractivity contribution < 1.29 is 14.7 Å². The Hall–Kier alpha value is -1.40. The molecule has 0 aliphatic rings. The zero-order valence-electron chi connectivity index (χ0n) is 9.73. The zero-order chi connectivity index (χ0) is 13.4. The third kappa shape index (κ3) is 2.26. The van der Waals surface area contributed by atoms with Gasteiger partial charge in [-0.15, -0.1) is 11.3 Å². The average molecular weight is 328 g/mol. The molecule has 0 radical (unpaired) electrons. The van der Waals surface area contributed by atoms with Gasteiger partial charge >= 0.3 is 5.97 Å². The maximum Gasteiger partial charge on any atom is 0.352 e. The summed E-state index contributed by atoms with van der Waals surface area (Å²) >= 11 is 4.72. The monoisotopic (exact) mass is 327 g/mol. The number of carboxylic acids is 1. The van der Waals surface area contributed by atoms with Crippen molar-refractivity contribution >= 4 is 39.0 Å². The van der Waals surface area contributed by atoms with Crippen LogP contribution in [0.5, 0.6) is 0 Å². The van der Waals surface area contributed by atoms with Gasteiger partial charge in [0.15, 0.2) is 0 Å². The Balaban J connectivity index is 2.40. The Morgan fingerprint density at radius 1 is 1.39 bits per heavy atom. The van der Waals surface area contributed by atoms with E-state index in [2.05, 4.69) is 15.9 Å². The van der Waals surface area contributed by atoms with E-state index in [4.69, 9.17) is 5.11 Å². The average Bonchev–Trinajstić information content (AvgIpc) is 2.82. The van der Waals surface area contributed by atoms with Gasteiger partial charge in [0.1, 0.15) is 5.69 Å². The van der Waals surface area contributed by atoms with Crippen LogP contribution in [0.3, 0.4) is 0 Å². The molecule has 0 fully saturated rings. The SMILES string of the molecule is Cc1cc(C(=O)c2cc(C(=O)O)n(C)c2)sc1Br. The second-order valence-corrected chi connectivity index (χ2v) is 6.30. The van der Waals surface area contributed by atoms with Crippen molar-refractivity contribution in [2.45, 2.75) is 6.92 Å². The van der Waals surface area contributed by atoms with E-state index in [1.54, 1.807) is 13.1 Å². The predicted octanol–water partition coefficient (Wildman–Crippen LogP) is 3.09. The Morgan fingerprint density at radius 3 is 2.50 bits per heavy atom. The van der Waals surface area contributed by atoms with Crippen molar-refractivity contribution in [2.75, 3.05) is 0 Å². The Morgan fingerprint density at radius 2 is 2.06 bits per heavy atom. The lowest BCUT2D eigenvalue weighted by atomic mass is 10.1. The van der Waals surface area contributed by atoms with E-state index in [0.717, 1.165) is 9.35 Å². The highest BCUT2D eigenvalue weighted by molar-refractivity contribution is 9.11. The molecule has 1 N–H and O–H groups in total. The number of nitrogens with zero attached hydrogens (tertiary/aromatic N) is 1. The number of carbonyl (C=O) groups excluding carboxylic acids is 1. The first-order valence-corrected chi connectivity index (χ1v) is 6.71. The van der Waals surface area contributed by atoms with Gasteiger partial charge in [-0.25, -0.2) is 4.79 Å². The second-order valence-electron chi connectivity index (χ2n) is 3.93. The topological polar surface area (TPSA) is 59.3 Å². The third-order valence-corrected chi connectivity index (χ3v) is 4.70. The lowest BCUT2D eigenvalue weighted by Crippen LogP contribution is -2.02. The molecule has 2 aromatic heterocycles. The fourth-order valence-corrected chi connectivity index (χ4v) is 3.11. The number of hydrogen-bond acceptors (Lipinski definition) is 3. The summed E-state index contributed by atoms with van der Waals surface area (Å²) < 4.78 is 2.35. The number of halogens is 1. The minimum absolute atomic E-state index is 0.102. The number of aryl methyl sites for hydroxylation is 2. The smallest absolute Gasteiger partial charge is 0.352 e. The molecule has 4 nitrogen and oxygen atoms in total. The van der Waals surface area contributed by atoms with Crippen LogP contribution in [0.25, 0.3) is 0 Å². The van der Waals surface area contributed by atoms with E-state index < -0.39 is 5.97 Å². The predicted molar refractivity (Wildman–Crippen MR) is 72.6 cm³/mol.